The van der Waals surface area contributed by atoms with Gasteiger partial charge < -0.3 is 9.30 Å². The second-order valence-corrected chi connectivity index (χ2v) is 7.05. The van der Waals surface area contributed by atoms with Crippen LogP contribution in [0.25, 0.3) is 11.4 Å². The highest BCUT2D eigenvalue weighted by atomic mass is 32.2. The first-order valence-electron chi connectivity index (χ1n) is 8.78. The van der Waals surface area contributed by atoms with Crippen molar-refractivity contribution in [1.29, 1.82) is 0 Å². The number of aromatic nitrogens is 4. The number of thioether (sulfide) groups is 1. The van der Waals surface area contributed by atoms with Crippen LogP contribution in [0.5, 0.6) is 5.75 Å². The molecule has 0 aliphatic rings. The molecule has 0 unspecified atom stereocenters. The average molecular weight is 382 g/mol. The third-order valence-corrected chi connectivity index (χ3v) is 5.06. The van der Waals surface area contributed by atoms with Gasteiger partial charge in [0.05, 0.1) is 18.4 Å². The van der Waals surface area contributed by atoms with Crippen LogP contribution in [0.3, 0.4) is 0 Å². The third kappa shape index (κ3) is 4.36. The molecule has 1 aromatic carbocycles. The number of hydrogen-bond acceptors (Lipinski definition) is 6. The summed E-state index contributed by atoms with van der Waals surface area (Å²) in [6, 6.07) is 9.44. The number of carbonyl (C=O) groups excluding carboxylic acids is 1. The Morgan fingerprint density at radius 1 is 1.19 bits per heavy atom. The van der Waals surface area contributed by atoms with E-state index in [1.807, 2.05) is 37.3 Å². The number of methoxy groups -OCH3 is 1. The summed E-state index contributed by atoms with van der Waals surface area (Å²) < 4.78 is 7.38. The maximum Gasteiger partial charge on any atom is 0.191 e. The van der Waals surface area contributed by atoms with Crippen molar-refractivity contribution in [2.45, 2.75) is 32.0 Å². The highest BCUT2D eigenvalue weighted by Gasteiger charge is 2.17. The second-order valence-electron chi connectivity index (χ2n) is 6.11. The Morgan fingerprint density at radius 2 is 1.96 bits per heavy atom. The Hall–Kier alpha value is -2.67. The molecule has 0 atom stereocenters. The lowest BCUT2D eigenvalue weighted by atomic mass is 10.1. The first kappa shape index (κ1) is 19.1. The van der Waals surface area contributed by atoms with Gasteiger partial charge in [-0.2, -0.15) is 0 Å². The molecule has 0 saturated carbocycles. The summed E-state index contributed by atoms with van der Waals surface area (Å²) in [5, 5.41) is 9.38. The molecule has 0 spiro atoms. The van der Waals surface area contributed by atoms with E-state index in [9.17, 15) is 4.79 Å². The highest BCUT2D eigenvalue weighted by molar-refractivity contribution is 7.99. The first-order valence-corrected chi connectivity index (χ1v) is 9.76. The Morgan fingerprint density at radius 3 is 2.67 bits per heavy atom. The van der Waals surface area contributed by atoms with Gasteiger partial charge in [0.15, 0.2) is 16.8 Å². The summed E-state index contributed by atoms with van der Waals surface area (Å²) in [5.74, 6) is 1.68. The molecule has 0 radical (unpaired) electrons. The van der Waals surface area contributed by atoms with E-state index in [4.69, 9.17) is 4.74 Å². The molecule has 0 aliphatic heterocycles. The van der Waals surface area contributed by atoms with E-state index in [1.165, 1.54) is 11.8 Å². The zero-order valence-corrected chi connectivity index (χ0v) is 16.5. The summed E-state index contributed by atoms with van der Waals surface area (Å²) in [7, 11) is 1.58. The molecular formula is C20H22N4O2S. The number of hydrogen-bond donors (Lipinski definition) is 0. The monoisotopic (exact) mass is 382 g/mol. The Balaban J connectivity index is 1.81. The van der Waals surface area contributed by atoms with E-state index in [-0.39, 0.29) is 11.5 Å². The minimum absolute atomic E-state index is 0.0112. The summed E-state index contributed by atoms with van der Waals surface area (Å²) >= 11 is 1.40. The maximum atomic E-state index is 12.7. The SMILES string of the molecule is CCCn1c(SCC(=O)c2cc(C)ccc2OC)nnc1-c1ccncc1. The van der Waals surface area contributed by atoms with Crippen molar-refractivity contribution in [3.8, 4) is 17.1 Å². The Labute approximate surface area is 163 Å². The number of benzene rings is 1. The van der Waals surface area contributed by atoms with Gasteiger partial charge >= 0.3 is 0 Å². The fourth-order valence-corrected chi connectivity index (χ4v) is 3.63. The molecule has 3 aromatic rings. The van der Waals surface area contributed by atoms with Gasteiger partial charge in [0.2, 0.25) is 0 Å². The minimum Gasteiger partial charge on any atom is -0.496 e. The highest BCUT2D eigenvalue weighted by Crippen LogP contribution is 2.26. The van der Waals surface area contributed by atoms with Crippen LogP contribution in [0, 0.1) is 6.92 Å². The van der Waals surface area contributed by atoms with E-state index in [0.29, 0.717) is 11.3 Å². The number of rotatable bonds is 8. The number of aryl methyl sites for hydroxylation is 1. The van der Waals surface area contributed by atoms with Gasteiger partial charge in [0.1, 0.15) is 5.75 Å². The van der Waals surface area contributed by atoms with Crippen LogP contribution < -0.4 is 4.74 Å². The molecule has 0 aliphatic carbocycles. The molecule has 0 saturated heterocycles. The van der Waals surface area contributed by atoms with Crippen molar-refractivity contribution in [2.24, 2.45) is 0 Å². The van der Waals surface area contributed by atoms with E-state index >= 15 is 0 Å². The average Bonchev–Trinajstić information content (AvgIpc) is 3.09. The lowest BCUT2D eigenvalue weighted by molar-refractivity contribution is 0.101. The predicted octanol–water partition coefficient (Wildman–Crippen LogP) is 4.04. The molecule has 2 heterocycles. The molecule has 6 nitrogen and oxygen atoms in total. The molecule has 0 bridgehead atoms. The quantitative estimate of drug-likeness (QED) is 0.432. The van der Waals surface area contributed by atoms with E-state index in [1.54, 1.807) is 19.5 Å². The fraction of sp³-hybridized carbons (Fsp3) is 0.300. The van der Waals surface area contributed by atoms with Crippen molar-refractivity contribution in [3.63, 3.8) is 0 Å². The molecule has 0 amide bonds. The number of pyridine rings is 1. The Bertz CT molecular complexity index is 925. The standard InChI is InChI=1S/C20H22N4O2S/c1-4-11-24-19(15-7-9-21-10-8-15)22-23-20(24)27-13-17(25)16-12-14(2)5-6-18(16)26-3/h5-10,12H,4,11,13H2,1-3H3. The summed E-state index contributed by atoms with van der Waals surface area (Å²) in [5.41, 5.74) is 2.59. The summed E-state index contributed by atoms with van der Waals surface area (Å²) in [6.45, 7) is 4.85. The van der Waals surface area contributed by atoms with Crippen molar-refractivity contribution in [1.82, 2.24) is 19.7 Å². The van der Waals surface area contributed by atoms with Gasteiger partial charge in [-0.15, -0.1) is 10.2 Å². The molecule has 0 fully saturated rings. The normalized spacial score (nSPS) is 10.8. The van der Waals surface area contributed by atoms with Gasteiger partial charge in [0.25, 0.3) is 0 Å². The van der Waals surface area contributed by atoms with Crippen LogP contribution in [0.2, 0.25) is 0 Å². The number of ketones is 1. The van der Waals surface area contributed by atoms with Crippen LogP contribution in [-0.4, -0.2) is 38.4 Å². The van der Waals surface area contributed by atoms with Gasteiger partial charge in [0, 0.05) is 24.5 Å². The molecule has 2 aromatic heterocycles. The van der Waals surface area contributed by atoms with Gasteiger partial charge in [-0.3, -0.25) is 9.78 Å². The number of Topliss-reactive ketones (excluding diaryl/α,β-unsaturated/α-hetero) is 1. The number of carbonyl (C=O) groups is 1. The van der Waals surface area contributed by atoms with Crippen molar-refractivity contribution in [3.05, 3.63) is 53.9 Å². The van der Waals surface area contributed by atoms with Gasteiger partial charge in [-0.25, -0.2) is 0 Å². The lowest BCUT2D eigenvalue weighted by Gasteiger charge is -2.10. The molecule has 140 valence electrons. The summed E-state index contributed by atoms with van der Waals surface area (Å²) in [4.78, 5) is 16.8. The smallest absolute Gasteiger partial charge is 0.191 e. The van der Waals surface area contributed by atoms with Crippen molar-refractivity contribution < 1.29 is 9.53 Å². The van der Waals surface area contributed by atoms with Crippen LogP contribution in [0.1, 0.15) is 29.3 Å². The second kappa shape index (κ2) is 8.81. The van der Waals surface area contributed by atoms with Crippen molar-refractivity contribution >= 4 is 17.5 Å². The van der Waals surface area contributed by atoms with E-state index < -0.39 is 0 Å². The van der Waals surface area contributed by atoms with Gasteiger partial charge in [-0.1, -0.05) is 30.3 Å². The van der Waals surface area contributed by atoms with E-state index in [0.717, 1.165) is 35.1 Å². The Kier molecular flexibility index (Phi) is 6.24. The third-order valence-electron chi connectivity index (χ3n) is 4.09. The molecule has 3 rings (SSSR count). The molecule has 0 N–H and O–H groups in total. The summed E-state index contributed by atoms with van der Waals surface area (Å²) in [6.07, 6.45) is 4.42. The van der Waals surface area contributed by atoms with Gasteiger partial charge in [-0.05, 0) is 37.6 Å². The van der Waals surface area contributed by atoms with Crippen LogP contribution in [0.15, 0.2) is 47.9 Å². The van der Waals surface area contributed by atoms with Crippen LogP contribution in [-0.2, 0) is 6.54 Å². The predicted molar refractivity (Wildman–Crippen MR) is 106 cm³/mol. The molecular weight excluding hydrogens is 360 g/mol. The topological polar surface area (TPSA) is 69.9 Å². The van der Waals surface area contributed by atoms with Crippen molar-refractivity contribution in [2.75, 3.05) is 12.9 Å². The number of ether oxygens (including phenoxy) is 1. The fourth-order valence-electron chi connectivity index (χ4n) is 2.78. The van der Waals surface area contributed by atoms with Crippen LogP contribution in [0.4, 0.5) is 0 Å². The zero-order chi connectivity index (χ0) is 19.2. The minimum atomic E-state index is 0.0112. The molecule has 7 heteroatoms. The lowest BCUT2D eigenvalue weighted by Crippen LogP contribution is -2.07. The zero-order valence-electron chi connectivity index (χ0n) is 15.7. The first-order chi connectivity index (χ1) is 13.1. The largest absolute Gasteiger partial charge is 0.496 e. The maximum absolute atomic E-state index is 12.7. The van der Waals surface area contributed by atoms with E-state index in [2.05, 4.69) is 26.7 Å². The number of nitrogens with zero attached hydrogens (tertiary/aromatic N) is 4. The molecule has 27 heavy (non-hydrogen) atoms. The van der Waals surface area contributed by atoms with Crippen LogP contribution >= 0.6 is 11.8 Å².